The van der Waals surface area contributed by atoms with Crippen LogP contribution in [0.15, 0.2) is 11.4 Å². The lowest BCUT2D eigenvalue weighted by Crippen LogP contribution is -2.27. The Hall–Kier alpha value is -1.16. The van der Waals surface area contributed by atoms with Crippen LogP contribution in [0.25, 0.3) is 0 Å². The zero-order valence-corrected chi connectivity index (χ0v) is 12.5. The molecule has 0 fully saturated rings. The molecule has 1 atom stereocenters. The number of hydrogen-bond donors (Lipinski definition) is 0. The van der Waals surface area contributed by atoms with Crippen LogP contribution in [-0.4, -0.2) is 11.9 Å². The van der Waals surface area contributed by atoms with Gasteiger partial charge in [-0.05, 0) is 63.0 Å². The number of hydrogen-bond acceptors (Lipinski definition) is 4. The minimum atomic E-state index is -0.622. The van der Waals surface area contributed by atoms with Crippen molar-refractivity contribution < 1.29 is 14.3 Å². The van der Waals surface area contributed by atoms with E-state index in [1.54, 1.807) is 32.1 Å². The van der Waals surface area contributed by atoms with Crippen molar-refractivity contribution in [2.45, 2.75) is 46.5 Å². The number of carbonyl (C=O) groups is 2. The lowest BCUT2D eigenvalue weighted by Gasteiger charge is -2.22. The second kappa shape index (κ2) is 5.45. The summed E-state index contributed by atoms with van der Waals surface area (Å²) in [6.45, 7) is 5.25. The molecular formula is C15H20O3S. The summed E-state index contributed by atoms with van der Waals surface area (Å²) in [5, 5.41) is 2.11. The molecule has 0 spiro atoms. The molecule has 1 heterocycles. The van der Waals surface area contributed by atoms with Crippen molar-refractivity contribution in [3.05, 3.63) is 21.9 Å². The van der Waals surface area contributed by atoms with Gasteiger partial charge >= 0.3 is 11.9 Å². The number of carbonyl (C=O) groups excluding carboxylic acids is 2. The summed E-state index contributed by atoms with van der Waals surface area (Å²) in [6, 6.07) is 2.14. The van der Waals surface area contributed by atoms with Gasteiger partial charge in [-0.3, -0.25) is 9.59 Å². The minimum absolute atomic E-state index is 0.308. The van der Waals surface area contributed by atoms with Crippen molar-refractivity contribution in [3.63, 3.8) is 0 Å². The maximum atomic E-state index is 11.8. The largest absolute Gasteiger partial charge is 0.393 e. The SMILES string of the molecule is CC(C)(C)C(=O)OC(=O)CC1CCc2sccc2C1. The van der Waals surface area contributed by atoms with Gasteiger partial charge in [0.05, 0.1) is 5.41 Å². The summed E-state index contributed by atoms with van der Waals surface area (Å²) < 4.78 is 4.91. The van der Waals surface area contributed by atoms with E-state index < -0.39 is 11.4 Å². The Kier molecular flexibility index (Phi) is 4.09. The Morgan fingerprint density at radius 3 is 2.84 bits per heavy atom. The summed E-state index contributed by atoms with van der Waals surface area (Å²) in [5.74, 6) is -0.518. The molecule has 1 aliphatic carbocycles. The monoisotopic (exact) mass is 280 g/mol. The van der Waals surface area contributed by atoms with Crippen molar-refractivity contribution in [1.82, 2.24) is 0 Å². The van der Waals surface area contributed by atoms with E-state index in [-0.39, 0.29) is 5.97 Å². The minimum Gasteiger partial charge on any atom is -0.393 e. The Morgan fingerprint density at radius 1 is 1.42 bits per heavy atom. The number of rotatable bonds is 2. The highest BCUT2D eigenvalue weighted by atomic mass is 32.1. The summed E-state index contributed by atoms with van der Waals surface area (Å²) in [4.78, 5) is 24.9. The molecule has 0 aliphatic heterocycles. The first-order valence-corrected chi connectivity index (χ1v) is 7.54. The molecular weight excluding hydrogens is 260 g/mol. The number of thiophene rings is 1. The van der Waals surface area contributed by atoms with E-state index in [4.69, 9.17) is 4.74 Å². The second-order valence-electron chi connectivity index (χ2n) is 6.19. The van der Waals surface area contributed by atoms with E-state index in [0.717, 1.165) is 19.3 Å². The summed E-state index contributed by atoms with van der Waals surface area (Å²) in [6.07, 6.45) is 3.32. The topological polar surface area (TPSA) is 43.4 Å². The van der Waals surface area contributed by atoms with Gasteiger partial charge in [-0.2, -0.15) is 0 Å². The highest BCUT2D eigenvalue weighted by molar-refractivity contribution is 7.10. The molecule has 1 aliphatic rings. The molecule has 1 aromatic heterocycles. The Bertz CT molecular complexity index is 482. The Balaban J connectivity index is 1.86. The third-order valence-corrected chi connectivity index (χ3v) is 4.42. The van der Waals surface area contributed by atoms with Gasteiger partial charge in [-0.15, -0.1) is 11.3 Å². The van der Waals surface area contributed by atoms with E-state index >= 15 is 0 Å². The molecule has 0 bridgehead atoms. The van der Waals surface area contributed by atoms with Crippen molar-refractivity contribution in [2.75, 3.05) is 0 Å². The highest BCUT2D eigenvalue weighted by Crippen LogP contribution is 2.31. The van der Waals surface area contributed by atoms with Gasteiger partial charge in [0, 0.05) is 11.3 Å². The number of ether oxygens (including phenoxy) is 1. The van der Waals surface area contributed by atoms with Gasteiger partial charge in [-0.1, -0.05) is 0 Å². The number of esters is 2. The standard InChI is InChI=1S/C15H20O3S/c1-15(2,3)14(17)18-13(16)9-10-4-5-12-11(8-10)6-7-19-12/h6-7,10H,4-5,8-9H2,1-3H3. The van der Waals surface area contributed by atoms with Crippen LogP contribution in [0, 0.1) is 11.3 Å². The van der Waals surface area contributed by atoms with Crippen LogP contribution in [0.4, 0.5) is 0 Å². The first kappa shape index (κ1) is 14.3. The van der Waals surface area contributed by atoms with Crippen LogP contribution in [0.1, 0.15) is 44.1 Å². The van der Waals surface area contributed by atoms with Gasteiger partial charge in [0.25, 0.3) is 0 Å². The Labute approximate surface area is 118 Å². The molecule has 0 aromatic carbocycles. The van der Waals surface area contributed by atoms with Gasteiger partial charge in [0.15, 0.2) is 0 Å². The van der Waals surface area contributed by atoms with E-state index in [1.165, 1.54) is 10.4 Å². The van der Waals surface area contributed by atoms with E-state index in [2.05, 4.69) is 11.4 Å². The van der Waals surface area contributed by atoms with Gasteiger partial charge < -0.3 is 4.74 Å². The van der Waals surface area contributed by atoms with E-state index in [1.807, 2.05) is 0 Å². The van der Waals surface area contributed by atoms with E-state index in [9.17, 15) is 9.59 Å². The van der Waals surface area contributed by atoms with Crippen LogP contribution in [0.5, 0.6) is 0 Å². The van der Waals surface area contributed by atoms with Crippen LogP contribution >= 0.6 is 11.3 Å². The fourth-order valence-electron chi connectivity index (χ4n) is 2.22. The Morgan fingerprint density at radius 2 is 2.16 bits per heavy atom. The predicted octanol–water partition coefficient (Wildman–Crippen LogP) is 3.36. The number of aryl methyl sites for hydroxylation is 1. The molecule has 0 radical (unpaired) electrons. The van der Waals surface area contributed by atoms with Gasteiger partial charge in [0.2, 0.25) is 0 Å². The first-order chi connectivity index (χ1) is 8.86. The summed E-state index contributed by atoms with van der Waals surface area (Å²) >= 11 is 1.79. The fourth-order valence-corrected chi connectivity index (χ4v) is 3.16. The first-order valence-electron chi connectivity index (χ1n) is 6.66. The lowest BCUT2D eigenvalue weighted by molar-refractivity contribution is -0.166. The molecule has 0 N–H and O–H groups in total. The third kappa shape index (κ3) is 3.66. The maximum absolute atomic E-state index is 11.8. The molecule has 3 nitrogen and oxygen atoms in total. The molecule has 1 aromatic rings. The summed E-state index contributed by atoms with van der Waals surface area (Å²) in [5.41, 5.74) is 0.735. The van der Waals surface area contributed by atoms with E-state index in [0.29, 0.717) is 12.3 Å². The second-order valence-corrected chi connectivity index (χ2v) is 7.19. The molecule has 0 saturated heterocycles. The average molecular weight is 280 g/mol. The summed E-state index contributed by atoms with van der Waals surface area (Å²) in [7, 11) is 0. The average Bonchev–Trinajstić information content (AvgIpc) is 2.74. The van der Waals surface area contributed by atoms with Crippen molar-refractivity contribution in [3.8, 4) is 0 Å². The maximum Gasteiger partial charge on any atom is 0.318 e. The lowest BCUT2D eigenvalue weighted by atomic mass is 9.86. The zero-order valence-electron chi connectivity index (χ0n) is 11.7. The van der Waals surface area contributed by atoms with Gasteiger partial charge in [-0.25, -0.2) is 0 Å². The van der Waals surface area contributed by atoms with Crippen molar-refractivity contribution >= 4 is 23.3 Å². The normalized spacial score (nSPS) is 18.8. The van der Waals surface area contributed by atoms with Crippen molar-refractivity contribution in [2.24, 2.45) is 11.3 Å². The molecule has 2 rings (SSSR count). The molecule has 0 saturated carbocycles. The van der Waals surface area contributed by atoms with Gasteiger partial charge in [0.1, 0.15) is 0 Å². The smallest absolute Gasteiger partial charge is 0.318 e. The molecule has 104 valence electrons. The molecule has 0 amide bonds. The van der Waals surface area contributed by atoms with Crippen LogP contribution < -0.4 is 0 Å². The fraction of sp³-hybridized carbons (Fsp3) is 0.600. The quantitative estimate of drug-likeness (QED) is 0.616. The highest BCUT2D eigenvalue weighted by Gasteiger charge is 2.28. The van der Waals surface area contributed by atoms with Crippen molar-refractivity contribution in [1.29, 1.82) is 0 Å². The third-order valence-electron chi connectivity index (χ3n) is 3.40. The molecule has 19 heavy (non-hydrogen) atoms. The molecule has 4 heteroatoms. The predicted molar refractivity (Wildman–Crippen MR) is 75.0 cm³/mol. The van der Waals surface area contributed by atoms with Crippen LogP contribution in [0.2, 0.25) is 0 Å². The zero-order chi connectivity index (χ0) is 14.0. The van der Waals surface area contributed by atoms with Crippen LogP contribution in [-0.2, 0) is 27.2 Å². The molecule has 1 unspecified atom stereocenters. The number of fused-ring (bicyclic) bond motifs is 1. The van der Waals surface area contributed by atoms with Crippen LogP contribution in [0.3, 0.4) is 0 Å².